The van der Waals surface area contributed by atoms with Gasteiger partial charge in [0.25, 0.3) is 5.91 Å². The lowest BCUT2D eigenvalue weighted by atomic mass is 10.00. The van der Waals surface area contributed by atoms with Gasteiger partial charge in [-0.1, -0.05) is 13.8 Å². The first kappa shape index (κ1) is 20.2. The van der Waals surface area contributed by atoms with Gasteiger partial charge in [0, 0.05) is 17.3 Å². The van der Waals surface area contributed by atoms with Crippen LogP contribution < -0.4 is 10.8 Å². The number of hydrogen-bond acceptors (Lipinski definition) is 6. The summed E-state index contributed by atoms with van der Waals surface area (Å²) >= 11 is 0. The molecule has 1 amide bonds. The monoisotopic (exact) mass is 401 g/mol. The van der Waals surface area contributed by atoms with E-state index in [-0.39, 0.29) is 28.6 Å². The van der Waals surface area contributed by atoms with Crippen LogP contribution in [0.4, 0.5) is 15.9 Å². The zero-order valence-electron chi connectivity index (χ0n) is 16.3. The molecule has 0 radical (unpaired) electrons. The van der Waals surface area contributed by atoms with Crippen LogP contribution in [0.25, 0.3) is 5.52 Å². The number of hydroxylamine groups is 1. The van der Waals surface area contributed by atoms with Crippen LogP contribution in [-0.2, 0) is 4.84 Å². The number of carboxylic acid groups (broad SMARTS) is 1. The first-order valence-electron chi connectivity index (χ1n) is 8.74. The molecule has 0 unspecified atom stereocenters. The molecule has 2 aromatic heterocycles. The van der Waals surface area contributed by atoms with E-state index in [1.54, 1.807) is 6.92 Å². The Labute approximate surface area is 165 Å². The van der Waals surface area contributed by atoms with Gasteiger partial charge in [0.05, 0.1) is 18.4 Å². The van der Waals surface area contributed by atoms with E-state index in [2.05, 4.69) is 25.7 Å². The maximum Gasteiger partial charge on any atom is 0.337 e. The zero-order valence-corrected chi connectivity index (χ0v) is 16.3. The molecule has 3 aromatic rings. The molecular weight excluding hydrogens is 381 g/mol. The predicted octanol–water partition coefficient (Wildman–Crippen LogP) is 3.03. The maximum absolute atomic E-state index is 14.6. The van der Waals surface area contributed by atoms with Crippen molar-refractivity contribution in [1.29, 1.82) is 0 Å². The average molecular weight is 401 g/mol. The highest BCUT2D eigenvalue weighted by molar-refractivity contribution is 5.97. The van der Waals surface area contributed by atoms with Crippen LogP contribution in [0.15, 0.2) is 24.7 Å². The number of anilines is 2. The molecule has 0 aliphatic carbocycles. The fraction of sp³-hybridized carbons (Fsp3) is 0.263. The third-order valence-corrected chi connectivity index (χ3v) is 4.43. The van der Waals surface area contributed by atoms with Gasteiger partial charge < -0.3 is 10.4 Å². The highest BCUT2D eigenvalue weighted by atomic mass is 19.1. The third-order valence-electron chi connectivity index (χ3n) is 4.43. The summed E-state index contributed by atoms with van der Waals surface area (Å²) in [4.78, 5) is 32.6. The SMILES string of the molecule is CONC(=O)c1cc(Nc2ncnn3cc(C(=O)O)c(C(C)C)c23)c(F)cc1C. The van der Waals surface area contributed by atoms with Gasteiger partial charge in [-0.25, -0.2) is 24.2 Å². The lowest BCUT2D eigenvalue weighted by Crippen LogP contribution is -2.23. The van der Waals surface area contributed by atoms with Crippen LogP contribution in [0.1, 0.15) is 51.6 Å². The number of fused-ring (bicyclic) bond motifs is 1. The van der Waals surface area contributed by atoms with Gasteiger partial charge >= 0.3 is 5.97 Å². The van der Waals surface area contributed by atoms with E-state index in [9.17, 15) is 19.1 Å². The summed E-state index contributed by atoms with van der Waals surface area (Å²) < 4.78 is 16.0. The van der Waals surface area contributed by atoms with Crippen LogP contribution in [-0.4, -0.2) is 38.7 Å². The zero-order chi connectivity index (χ0) is 21.3. The molecule has 0 aliphatic heterocycles. The number of amides is 1. The van der Waals surface area contributed by atoms with Gasteiger partial charge in [0.2, 0.25) is 0 Å². The van der Waals surface area contributed by atoms with Gasteiger partial charge in [0.15, 0.2) is 5.82 Å². The number of benzene rings is 1. The Balaban J connectivity index is 2.15. The summed E-state index contributed by atoms with van der Waals surface area (Å²) in [5, 5.41) is 16.5. The predicted molar refractivity (Wildman–Crippen MR) is 103 cm³/mol. The van der Waals surface area contributed by atoms with Crippen molar-refractivity contribution < 1.29 is 23.9 Å². The second-order valence-corrected chi connectivity index (χ2v) is 6.73. The Kier molecular flexibility index (Phi) is 5.46. The fourth-order valence-corrected chi connectivity index (χ4v) is 3.17. The lowest BCUT2D eigenvalue weighted by molar-refractivity contribution is 0.0536. The number of carbonyl (C=O) groups excluding carboxylic acids is 1. The summed E-state index contributed by atoms with van der Waals surface area (Å²) in [6, 6.07) is 2.56. The number of carbonyl (C=O) groups is 2. The molecule has 2 heterocycles. The standard InChI is InChI=1S/C19H20FN5O4/c1-9(2)15-12(19(27)28)7-25-16(15)17(21-8-22-25)23-14-6-11(18(26)24-29-4)10(3)5-13(14)20/h5-9H,1-4H3,(H,24,26)(H,27,28)(H,21,22,23). The molecule has 3 N–H and O–H groups in total. The Bertz CT molecular complexity index is 1110. The molecule has 0 bridgehead atoms. The van der Waals surface area contributed by atoms with Crippen molar-refractivity contribution in [1.82, 2.24) is 20.1 Å². The van der Waals surface area contributed by atoms with Gasteiger partial charge in [0.1, 0.15) is 17.7 Å². The highest BCUT2D eigenvalue weighted by Gasteiger charge is 2.23. The first-order valence-corrected chi connectivity index (χ1v) is 8.74. The summed E-state index contributed by atoms with van der Waals surface area (Å²) in [7, 11) is 1.30. The average Bonchev–Trinajstić information content (AvgIpc) is 3.05. The second-order valence-electron chi connectivity index (χ2n) is 6.73. The van der Waals surface area contributed by atoms with Crippen LogP contribution in [0.5, 0.6) is 0 Å². The van der Waals surface area contributed by atoms with Crippen molar-refractivity contribution in [2.24, 2.45) is 0 Å². The fourth-order valence-electron chi connectivity index (χ4n) is 3.17. The number of carboxylic acids is 1. The number of nitrogens with zero attached hydrogens (tertiary/aromatic N) is 3. The first-order chi connectivity index (χ1) is 13.7. The van der Waals surface area contributed by atoms with Crippen LogP contribution >= 0.6 is 0 Å². The van der Waals surface area contributed by atoms with Gasteiger partial charge in [-0.15, -0.1) is 0 Å². The van der Waals surface area contributed by atoms with Gasteiger partial charge in [-0.3, -0.25) is 9.63 Å². The minimum absolute atomic E-state index is 0.00485. The number of aromatic nitrogens is 3. The maximum atomic E-state index is 14.6. The summed E-state index contributed by atoms with van der Waals surface area (Å²) in [6.45, 7) is 5.29. The molecule has 1 aromatic carbocycles. The summed E-state index contributed by atoms with van der Waals surface area (Å²) in [6.07, 6.45) is 2.62. The van der Waals surface area contributed by atoms with E-state index < -0.39 is 17.7 Å². The van der Waals surface area contributed by atoms with Crippen molar-refractivity contribution in [3.05, 3.63) is 52.7 Å². The number of aryl methyl sites for hydroxylation is 1. The Morgan fingerprint density at radius 3 is 2.62 bits per heavy atom. The van der Waals surface area contributed by atoms with Crippen molar-refractivity contribution >= 4 is 28.9 Å². The lowest BCUT2D eigenvalue weighted by Gasteiger charge is -2.13. The minimum Gasteiger partial charge on any atom is -0.478 e. The van der Waals surface area contributed by atoms with Gasteiger partial charge in [-0.05, 0) is 30.5 Å². The molecule has 0 saturated carbocycles. The molecule has 0 fully saturated rings. The molecule has 29 heavy (non-hydrogen) atoms. The van der Waals surface area contributed by atoms with Crippen molar-refractivity contribution in [2.45, 2.75) is 26.7 Å². The summed E-state index contributed by atoms with van der Waals surface area (Å²) in [5.74, 6) is -2.14. The van der Waals surface area contributed by atoms with Crippen LogP contribution in [0.3, 0.4) is 0 Å². The van der Waals surface area contributed by atoms with Crippen molar-refractivity contribution in [2.75, 3.05) is 12.4 Å². The van der Waals surface area contributed by atoms with E-state index in [1.165, 1.54) is 36.3 Å². The number of rotatable bonds is 6. The normalized spacial score (nSPS) is 11.1. The van der Waals surface area contributed by atoms with E-state index in [0.29, 0.717) is 16.6 Å². The Morgan fingerprint density at radius 1 is 1.28 bits per heavy atom. The molecular formula is C19H20FN5O4. The second kappa shape index (κ2) is 7.84. The molecule has 9 nitrogen and oxygen atoms in total. The van der Waals surface area contributed by atoms with Crippen molar-refractivity contribution in [3.63, 3.8) is 0 Å². The van der Waals surface area contributed by atoms with E-state index in [4.69, 9.17) is 0 Å². The minimum atomic E-state index is -1.09. The Hall–Kier alpha value is -3.53. The number of nitrogens with one attached hydrogen (secondary N) is 2. The molecule has 0 atom stereocenters. The Morgan fingerprint density at radius 2 is 2.00 bits per heavy atom. The number of hydrogen-bond donors (Lipinski definition) is 3. The van der Waals surface area contributed by atoms with E-state index in [1.807, 2.05) is 13.8 Å². The molecule has 3 rings (SSSR count). The molecule has 0 aliphatic rings. The third kappa shape index (κ3) is 3.74. The molecule has 0 spiro atoms. The molecule has 152 valence electrons. The summed E-state index contributed by atoms with van der Waals surface area (Å²) in [5.41, 5.74) is 3.87. The van der Waals surface area contributed by atoms with Crippen LogP contribution in [0.2, 0.25) is 0 Å². The number of halogens is 1. The molecule has 0 saturated heterocycles. The number of aromatic carboxylic acids is 1. The highest BCUT2D eigenvalue weighted by Crippen LogP contribution is 2.32. The van der Waals surface area contributed by atoms with Gasteiger partial charge in [-0.2, -0.15) is 5.10 Å². The van der Waals surface area contributed by atoms with Crippen LogP contribution in [0, 0.1) is 12.7 Å². The smallest absolute Gasteiger partial charge is 0.337 e. The molecule has 10 heteroatoms. The van der Waals surface area contributed by atoms with E-state index >= 15 is 0 Å². The van der Waals surface area contributed by atoms with E-state index in [0.717, 1.165) is 0 Å². The topological polar surface area (TPSA) is 118 Å². The quantitative estimate of drug-likeness (QED) is 0.543. The van der Waals surface area contributed by atoms with Crippen molar-refractivity contribution in [3.8, 4) is 0 Å². The largest absolute Gasteiger partial charge is 0.478 e.